The highest BCUT2D eigenvalue weighted by molar-refractivity contribution is 9.12. The van der Waals surface area contributed by atoms with Gasteiger partial charge < -0.3 is 5.32 Å². The van der Waals surface area contributed by atoms with Crippen molar-refractivity contribution in [1.82, 2.24) is 15.1 Å². The summed E-state index contributed by atoms with van der Waals surface area (Å²) in [6.07, 6.45) is 0.949. The molecule has 0 bridgehead atoms. The van der Waals surface area contributed by atoms with Gasteiger partial charge in [-0.05, 0) is 69.9 Å². The van der Waals surface area contributed by atoms with E-state index in [1.807, 2.05) is 0 Å². The SMILES string of the molecule is CCNC(Cc1cc(C)nn1CC)c1cc(Br)sc1Br. The molecule has 0 spiro atoms. The van der Waals surface area contributed by atoms with E-state index in [2.05, 4.69) is 79.9 Å². The number of nitrogens with zero attached hydrogens (tertiary/aromatic N) is 2. The number of likely N-dealkylation sites (N-methyl/N-ethyl adjacent to an activating group) is 1. The van der Waals surface area contributed by atoms with Gasteiger partial charge >= 0.3 is 0 Å². The van der Waals surface area contributed by atoms with Crippen molar-refractivity contribution in [2.45, 2.75) is 39.8 Å². The van der Waals surface area contributed by atoms with Crippen molar-refractivity contribution >= 4 is 43.2 Å². The van der Waals surface area contributed by atoms with Crippen molar-refractivity contribution in [1.29, 1.82) is 0 Å². The Morgan fingerprint density at radius 2 is 2.10 bits per heavy atom. The summed E-state index contributed by atoms with van der Waals surface area (Å²) in [5, 5.41) is 8.11. The molecule has 0 aromatic carbocycles. The lowest BCUT2D eigenvalue weighted by atomic mass is 10.0. The lowest BCUT2D eigenvalue weighted by molar-refractivity contribution is 0.516. The zero-order chi connectivity index (χ0) is 14.7. The van der Waals surface area contributed by atoms with Crippen molar-refractivity contribution in [2.75, 3.05) is 6.54 Å². The number of thiophene rings is 1. The third-order valence-electron chi connectivity index (χ3n) is 3.21. The van der Waals surface area contributed by atoms with Gasteiger partial charge in [-0.3, -0.25) is 4.68 Å². The van der Waals surface area contributed by atoms with E-state index in [-0.39, 0.29) is 0 Å². The van der Waals surface area contributed by atoms with Gasteiger partial charge in [-0.15, -0.1) is 11.3 Å². The summed E-state index contributed by atoms with van der Waals surface area (Å²) in [4.78, 5) is 0. The maximum absolute atomic E-state index is 4.53. The summed E-state index contributed by atoms with van der Waals surface area (Å²) in [7, 11) is 0. The third-order valence-corrected chi connectivity index (χ3v) is 5.59. The molecule has 0 saturated heterocycles. The lowest BCUT2D eigenvalue weighted by Gasteiger charge is -2.18. The predicted octanol–water partition coefficient (Wildman–Crippen LogP) is 4.69. The van der Waals surface area contributed by atoms with Crippen LogP contribution < -0.4 is 5.32 Å². The van der Waals surface area contributed by atoms with Gasteiger partial charge in [-0.2, -0.15) is 5.10 Å². The van der Waals surface area contributed by atoms with Crippen LogP contribution in [-0.2, 0) is 13.0 Å². The largest absolute Gasteiger partial charge is 0.310 e. The first-order chi connectivity index (χ1) is 9.55. The van der Waals surface area contributed by atoms with Gasteiger partial charge in [0.15, 0.2) is 0 Å². The van der Waals surface area contributed by atoms with Gasteiger partial charge in [-0.25, -0.2) is 0 Å². The van der Waals surface area contributed by atoms with Gasteiger partial charge in [0.2, 0.25) is 0 Å². The second-order valence-corrected chi connectivity index (χ2v) is 8.44. The maximum atomic E-state index is 4.53. The Hall–Kier alpha value is -0.170. The van der Waals surface area contributed by atoms with E-state index < -0.39 is 0 Å². The fourth-order valence-corrected chi connectivity index (χ4v) is 5.35. The first-order valence-corrected chi connectivity index (χ1v) is 9.16. The highest BCUT2D eigenvalue weighted by Gasteiger charge is 2.19. The van der Waals surface area contributed by atoms with Crippen molar-refractivity contribution in [3.63, 3.8) is 0 Å². The smallest absolute Gasteiger partial charge is 0.0758 e. The molecule has 2 aromatic heterocycles. The number of halogens is 2. The summed E-state index contributed by atoms with van der Waals surface area (Å²) in [6, 6.07) is 4.68. The van der Waals surface area contributed by atoms with Crippen LogP contribution in [0, 0.1) is 6.92 Å². The van der Waals surface area contributed by atoms with E-state index >= 15 is 0 Å². The average molecular weight is 421 g/mol. The summed E-state index contributed by atoms with van der Waals surface area (Å²) < 4.78 is 4.44. The average Bonchev–Trinajstić information content (AvgIpc) is 2.91. The quantitative estimate of drug-likeness (QED) is 0.734. The minimum Gasteiger partial charge on any atom is -0.310 e. The molecule has 0 fully saturated rings. The molecule has 6 heteroatoms. The van der Waals surface area contributed by atoms with Crippen molar-refractivity contribution in [3.05, 3.63) is 36.7 Å². The number of hydrogen-bond donors (Lipinski definition) is 1. The Bertz CT molecular complexity index is 577. The molecule has 110 valence electrons. The fourth-order valence-electron chi connectivity index (χ4n) is 2.38. The van der Waals surface area contributed by atoms with E-state index in [0.717, 1.165) is 29.0 Å². The number of aryl methyl sites for hydroxylation is 2. The molecule has 0 aliphatic rings. The first kappa shape index (κ1) is 16.2. The Balaban J connectivity index is 2.27. The molecule has 1 unspecified atom stereocenters. The normalized spacial score (nSPS) is 12.8. The molecule has 0 aliphatic heterocycles. The summed E-state index contributed by atoms with van der Waals surface area (Å²) in [5.41, 5.74) is 3.68. The standard InChI is InChI=1S/C14H19Br2N3S/c1-4-17-12(11-8-13(15)20-14(11)16)7-10-6-9(3)18-19(10)5-2/h6,8,12,17H,4-5,7H2,1-3H3. The Labute approximate surface area is 141 Å². The molecule has 1 atom stereocenters. The fraction of sp³-hybridized carbons (Fsp3) is 0.500. The van der Waals surface area contributed by atoms with Crippen LogP contribution in [0.15, 0.2) is 19.7 Å². The molecule has 0 amide bonds. The Morgan fingerprint density at radius 3 is 2.65 bits per heavy atom. The van der Waals surface area contributed by atoms with Crippen molar-refractivity contribution in [2.24, 2.45) is 0 Å². The molecule has 2 aromatic rings. The van der Waals surface area contributed by atoms with Crippen LogP contribution in [0.1, 0.15) is 36.8 Å². The van der Waals surface area contributed by atoms with Gasteiger partial charge in [0.25, 0.3) is 0 Å². The molecular formula is C14H19Br2N3S. The molecule has 3 nitrogen and oxygen atoms in total. The Kier molecular flexibility index (Phi) is 5.84. The molecule has 1 N–H and O–H groups in total. The van der Waals surface area contributed by atoms with E-state index in [0.29, 0.717) is 6.04 Å². The summed E-state index contributed by atoms with van der Waals surface area (Å²) >= 11 is 8.95. The van der Waals surface area contributed by atoms with Crippen LogP contribution in [0.2, 0.25) is 0 Å². The van der Waals surface area contributed by atoms with E-state index in [9.17, 15) is 0 Å². The van der Waals surface area contributed by atoms with Gasteiger partial charge in [0, 0.05) is 24.7 Å². The molecule has 20 heavy (non-hydrogen) atoms. The summed E-state index contributed by atoms with van der Waals surface area (Å²) in [5.74, 6) is 0. The first-order valence-electron chi connectivity index (χ1n) is 6.76. The zero-order valence-corrected chi connectivity index (χ0v) is 15.9. The van der Waals surface area contributed by atoms with Crippen LogP contribution in [0.5, 0.6) is 0 Å². The second kappa shape index (κ2) is 7.20. The van der Waals surface area contributed by atoms with Crippen LogP contribution in [-0.4, -0.2) is 16.3 Å². The molecule has 2 heterocycles. The predicted molar refractivity (Wildman–Crippen MR) is 92.5 cm³/mol. The van der Waals surface area contributed by atoms with Crippen LogP contribution >= 0.6 is 43.2 Å². The number of rotatable bonds is 6. The van der Waals surface area contributed by atoms with E-state index in [4.69, 9.17) is 0 Å². The van der Waals surface area contributed by atoms with Gasteiger partial charge in [-0.1, -0.05) is 6.92 Å². The highest BCUT2D eigenvalue weighted by Crippen LogP contribution is 2.36. The second-order valence-electron chi connectivity index (χ2n) is 4.69. The van der Waals surface area contributed by atoms with Crippen molar-refractivity contribution in [3.8, 4) is 0 Å². The maximum Gasteiger partial charge on any atom is 0.0758 e. The van der Waals surface area contributed by atoms with Crippen molar-refractivity contribution < 1.29 is 0 Å². The van der Waals surface area contributed by atoms with E-state index in [1.165, 1.54) is 15.0 Å². The number of aromatic nitrogens is 2. The molecular weight excluding hydrogens is 402 g/mol. The highest BCUT2D eigenvalue weighted by atomic mass is 79.9. The molecule has 2 rings (SSSR count). The monoisotopic (exact) mass is 419 g/mol. The van der Waals surface area contributed by atoms with E-state index in [1.54, 1.807) is 11.3 Å². The van der Waals surface area contributed by atoms with Crippen LogP contribution in [0.25, 0.3) is 0 Å². The minimum atomic E-state index is 0.304. The molecule has 0 saturated carbocycles. The third kappa shape index (κ3) is 3.72. The lowest BCUT2D eigenvalue weighted by Crippen LogP contribution is -2.24. The van der Waals surface area contributed by atoms with Crippen LogP contribution in [0.3, 0.4) is 0 Å². The zero-order valence-electron chi connectivity index (χ0n) is 11.9. The number of nitrogens with one attached hydrogen (secondary N) is 1. The summed E-state index contributed by atoms with van der Waals surface area (Å²) in [6.45, 7) is 8.19. The van der Waals surface area contributed by atoms with Gasteiger partial charge in [0.1, 0.15) is 0 Å². The Morgan fingerprint density at radius 1 is 1.35 bits per heavy atom. The minimum absolute atomic E-state index is 0.304. The molecule has 0 aliphatic carbocycles. The van der Waals surface area contributed by atoms with Crippen LogP contribution in [0.4, 0.5) is 0 Å². The number of hydrogen-bond acceptors (Lipinski definition) is 3. The topological polar surface area (TPSA) is 29.9 Å². The van der Waals surface area contributed by atoms with Gasteiger partial charge in [0.05, 0.1) is 13.3 Å². The molecule has 0 radical (unpaired) electrons.